The minimum atomic E-state index is -0.0828. The zero-order valence-electron chi connectivity index (χ0n) is 15.6. The van der Waals surface area contributed by atoms with Gasteiger partial charge in [0.2, 0.25) is 11.9 Å². The molecule has 0 spiro atoms. The lowest BCUT2D eigenvalue weighted by Gasteiger charge is -2.34. The maximum absolute atomic E-state index is 11.1. The molecule has 0 unspecified atom stereocenters. The summed E-state index contributed by atoms with van der Waals surface area (Å²) in [5, 5.41) is 6.01. The summed E-state index contributed by atoms with van der Waals surface area (Å²) in [6.07, 6.45) is 0. The summed E-state index contributed by atoms with van der Waals surface area (Å²) in [4.78, 5) is 25.0. The van der Waals surface area contributed by atoms with Crippen molar-refractivity contribution in [3.63, 3.8) is 0 Å². The Labute approximate surface area is 154 Å². The van der Waals surface area contributed by atoms with Gasteiger partial charge in [-0.2, -0.15) is 4.98 Å². The monoisotopic (exact) mass is 354 g/mol. The molecule has 0 radical (unpaired) electrons. The van der Waals surface area contributed by atoms with Crippen LogP contribution in [0.1, 0.15) is 19.5 Å². The molecule has 26 heavy (non-hydrogen) atoms. The number of amides is 1. The molecule has 1 aromatic heterocycles. The Bertz CT molecular complexity index is 753. The van der Waals surface area contributed by atoms with Gasteiger partial charge in [0, 0.05) is 56.2 Å². The smallest absolute Gasteiger partial charge is 0.229 e. The molecule has 0 aliphatic carbocycles. The van der Waals surface area contributed by atoms with E-state index in [2.05, 4.69) is 37.3 Å². The van der Waals surface area contributed by atoms with Gasteiger partial charge in [0.05, 0.1) is 0 Å². The van der Waals surface area contributed by atoms with Crippen molar-refractivity contribution in [1.82, 2.24) is 14.9 Å². The van der Waals surface area contributed by atoms with E-state index in [0.29, 0.717) is 5.95 Å². The summed E-state index contributed by atoms with van der Waals surface area (Å²) in [5.74, 6) is 1.47. The van der Waals surface area contributed by atoms with Crippen LogP contribution >= 0.6 is 0 Å². The molecule has 2 heterocycles. The van der Waals surface area contributed by atoms with Gasteiger partial charge in [-0.25, -0.2) is 4.98 Å². The molecule has 0 saturated carbocycles. The molecule has 138 valence electrons. The van der Waals surface area contributed by atoms with Crippen LogP contribution in [0.15, 0.2) is 30.3 Å². The lowest BCUT2D eigenvalue weighted by Crippen LogP contribution is -2.46. The number of aromatic nitrogens is 2. The van der Waals surface area contributed by atoms with Gasteiger partial charge in [-0.05, 0) is 37.7 Å². The Morgan fingerprint density at radius 3 is 2.35 bits per heavy atom. The van der Waals surface area contributed by atoms with Gasteiger partial charge < -0.3 is 20.4 Å². The van der Waals surface area contributed by atoms with Crippen molar-refractivity contribution in [3.8, 4) is 0 Å². The fraction of sp³-hybridized carbons (Fsp3) is 0.421. The van der Waals surface area contributed by atoms with E-state index >= 15 is 0 Å². The van der Waals surface area contributed by atoms with E-state index in [1.807, 2.05) is 37.3 Å². The number of piperazine rings is 1. The number of likely N-dealkylation sites (N-methyl/N-ethyl adjacent to an activating group) is 1. The second-order valence-electron chi connectivity index (χ2n) is 6.50. The highest BCUT2D eigenvalue weighted by atomic mass is 16.1. The number of carbonyl (C=O) groups excluding carboxylic acids is 1. The summed E-state index contributed by atoms with van der Waals surface area (Å²) in [6.45, 7) is 10.9. The topological polar surface area (TPSA) is 73.4 Å². The highest BCUT2D eigenvalue weighted by Gasteiger charge is 2.17. The zero-order chi connectivity index (χ0) is 18.5. The minimum Gasteiger partial charge on any atom is -0.354 e. The summed E-state index contributed by atoms with van der Waals surface area (Å²) < 4.78 is 0. The van der Waals surface area contributed by atoms with E-state index in [9.17, 15) is 4.79 Å². The van der Waals surface area contributed by atoms with Crippen molar-refractivity contribution in [2.75, 3.05) is 48.3 Å². The second-order valence-corrected chi connectivity index (χ2v) is 6.50. The van der Waals surface area contributed by atoms with Crippen LogP contribution in [-0.4, -0.2) is 53.5 Å². The Hall–Kier alpha value is -2.67. The summed E-state index contributed by atoms with van der Waals surface area (Å²) in [7, 11) is 0. The number of hydrogen-bond donors (Lipinski definition) is 2. The van der Waals surface area contributed by atoms with E-state index < -0.39 is 0 Å². The van der Waals surface area contributed by atoms with Gasteiger partial charge in [-0.1, -0.05) is 6.92 Å². The predicted octanol–water partition coefficient (Wildman–Crippen LogP) is 2.63. The lowest BCUT2D eigenvalue weighted by atomic mass is 10.2. The average Bonchev–Trinajstić information content (AvgIpc) is 2.62. The van der Waals surface area contributed by atoms with Crippen LogP contribution in [-0.2, 0) is 4.79 Å². The maximum Gasteiger partial charge on any atom is 0.229 e. The molecule has 1 amide bonds. The first-order valence-electron chi connectivity index (χ1n) is 9.01. The number of benzene rings is 1. The van der Waals surface area contributed by atoms with E-state index in [1.54, 1.807) is 0 Å². The maximum atomic E-state index is 11.1. The Morgan fingerprint density at radius 1 is 1.08 bits per heavy atom. The number of hydrogen-bond acceptors (Lipinski definition) is 6. The summed E-state index contributed by atoms with van der Waals surface area (Å²) in [5.41, 5.74) is 2.58. The number of nitrogens with one attached hydrogen (secondary N) is 2. The standard InChI is InChI=1S/C19H26N6O/c1-4-24-9-11-25(12-10-24)18-13-14(2)20-19(23-18)22-17-7-5-16(6-8-17)21-15(3)26/h5-8,13H,4,9-12H2,1-3H3,(H,21,26)(H,20,22,23). The number of nitrogens with zero attached hydrogens (tertiary/aromatic N) is 4. The van der Waals surface area contributed by atoms with Crippen LogP contribution in [0.3, 0.4) is 0 Å². The van der Waals surface area contributed by atoms with E-state index in [0.717, 1.165) is 55.6 Å². The minimum absolute atomic E-state index is 0.0828. The van der Waals surface area contributed by atoms with E-state index in [-0.39, 0.29) is 5.91 Å². The third kappa shape index (κ3) is 4.70. The molecule has 2 aromatic rings. The molecule has 1 fully saturated rings. The Balaban J connectivity index is 1.70. The molecular formula is C19H26N6O. The van der Waals surface area contributed by atoms with Crippen molar-refractivity contribution >= 4 is 29.0 Å². The van der Waals surface area contributed by atoms with Crippen molar-refractivity contribution < 1.29 is 4.79 Å². The molecule has 0 atom stereocenters. The van der Waals surface area contributed by atoms with Crippen LogP contribution < -0.4 is 15.5 Å². The summed E-state index contributed by atoms with van der Waals surface area (Å²) in [6, 6.07) is 9.54. The first kappa shape index (κ1) is 18.1. The first-order valence-corrected chi connectivity index (χ1v) is 9.01. The van der Waals surface area contributed by atoms with Crippen LogP contribution in [0.4, 0.5) is 23.1 Å². The summed E-state index contributed by atoms with van der Waals surface area (Å²) >= 11 is 0. The fourth-order valence-corrected chi connectivity index (χ4v) is 3.03. The van der Waals surface area contributed by atoms with Crippen molar-refractivity contribution in [2.24, 2.45) is 0 Å². The molecule has 0 bridgehead atoms. The van der Waals surface area contributed by atoms with Crippen LogP contribution in [0, 0.1) is 6.92 Å². The number of rotatable bonds is 5. The highest BCUT2D eigenvalue weighted by Crippen LogP contribution is 2.21. The van der Waals surface area contributed by atoms with Crippen LogP contribution in [0.25, 0.3) is 0 Å². The van der Waals surface area contributed by atoms with Crippen LogP contribution in [0.5, 0.6) is 0 Å². The fourth-order valence-electron chi connectivity index (χ4n) is 3.03. The predicted molar refractivity (Wildman–Crippen MR) is 105 cm³/mol. The highest BCUT2D eigenvalue weighted by molar-refractivity contribution is 5.88. The van der Waals surface area contributed by atoms with Gasteiger partial charge in [0.15, 0.2) is 0 Å². The van der Waals surface area contributed by atoms with Gasteiger partial charge >= 0.3 is 0 Å². The van der Waals surface area contributed by atoms with Gasteiger partial charge in [0.1, 0.15) is 5.82 Å². The molecule has 1 saturated heterocycles. The average molecular weight is 354 g/mol. The first-order chi connectivity index (χ1) is 12.5. The molecule has 3 rings (SSSR count). The molecular weight excluding hydrogens is 328 g/mol. The third-order valence-corrected chi connectivity index (χ3v) is 4.45. The zero-order valence-corrected chi connectivity index (χ0v) is 15.6. The van der Waals surface area contributed by atoms with Gasteiger partial charge in [-0.3, -0.25) is 4.79 Å². The van der Waals surface area contributed by atoms with Gasteiger partial charge in [0.25, 0.3) is 0 Å². The normalized spacial score (nSPS) is 15.0. The van der Waals surface area contributed by atoms with Gasteiger partial charge in [-0.15, -0.1) is 0 Å². The SMILES string of the molecule is CCN1CCN(c2cc(C)nc(Nc3ccc(NC(C)=O)cc3)n2)CC1. The van der Waals surface area contributed by atoms with Crippen molar-refractivity contribution in [1.29, 1.82) is 0 Å². The largest absolute Gasteiger partial charge is 0.354 e. The number of anilines is 4. The molecule has 1 aliphatic heterocycles. The third-order valence-electron chi connectivity index (χ3n) is 4.45. The van der Waals surface area contributed by atoms with E-state index in [1.165, 1.54) is 6.92 Å². The quantitative estimate of drug-likeness (QED) is 0.860. The van der Waals surface area contributed by atoms with Crippen molar-refractivity contribution in [2.45, 2.75) is 20.8 Å². The van der Waals surface area contributed by atoms with Crippen molar-refractivity contribution in [3.05, 3.63) is 36.0 Å². The molecule has 7 heteroatoms. The molecule has 1 aliphatic rings. The number of carbonyl (C=O) groups is 1. The number of aryl methyl sites for hydroxylation is 1. The van der Waals surface area contributed by atoms with E-state index in [4.69, 9.17) is 0 Å². The molecule has 2 N–H and O–H groups in total. The molecule has 7 nitrogen and oxygen atoms in total. The van der Waals surface area contributed by atoms with Crippen LogP contribution in [0.2, 0.25) is 0 Å². The second kappa shape index (κ2) is 8.14. The Kier molecular flexibility index (Phi) is 5.68. The molecule has 1 aromatic carbocycles. The Morgan fingerprint density at radius 2 is 1.73 bits per heavy atom. The lowest BCUT2D eigenvalue weighted by molar-refractivity contribution is -0.114.